The van der Waals surface area contributed by atoms with Gasteiger partial charge in [-0.05, 0) is 44.5 Å². The zero-order chi connectivity index (χ0) is 18.8. The molecular weight excluding hydrogens is 330 g/mol. The van der Waals surface area contributed by atoms with E-state index in [2.05, 4.69) is 15.4 Å². The third kappa shape index (κ3) is 3.42. The molecule has 3 N–H and O–H groups in total. The smallest absolute Gasteiger partial charge is 0.272 e. The summed E-state index contributed by atoms with van der Waals surface area (Å²) in [5.41, 5.74) is 9.70. The van der Waals surface area contributed by atoms with Gasteiger partial charge in [0.1, 0.15) is 11.8 Å². The second kappa shape index (κ2) is 6.95. The van der Waals surface area contributed by atoms with Crippen molar-refractivity contribution in [3.05, 3.63) is 53.3 Å². The molecule has 0 aliphatic carbocycles. The monoisotopic (exact) mass is 351 g/mol. The fourth-order valence-electron chi connectivity index (χ4n) is 3.09. The number of carbonyl (C=O) groups is 2. The maximum Gasteiger partial charge on any atom is 0.272 e. The predicted octanol–water partition coefficient (Wildman–Crippen LogP) is 2.07. The van der Waals surface area contributed by atoms with Gasteiger partial charge in [-0.1, -0.05) is 18.2 Å². The minimum atomic E-state index is -0.684. The molecule has 2 aromatic rings. The van der Waals surface area contributed by atoms with Crippen LogP contribution in [0.2, 0.25) is 0 Å². The fourth-order valence-corrected chi connectivity index (χ4v) is 3.09. The van der Waals surface area contributed by atoms with E-state index in [9.17, 15) is 9.59 Å². The van der Waals surface area contributed by atoms with Crippen molar-refractivity contribution in [1.82, 2.24) is 4.98 Å². The molecule has 134 valence electrons. The maximum absolute atomic E-state index is 12.7. The van der Waals surface area contributed by atoms with E-state index >= 15 is 0 Å². The molecule has 1 aromatic carbocycles. The maximum atomic E-state index is 12.7. The zero-order valence-electron chi connectivity index (χ0n) is 15.0. The summed E-state index contributed by atoms with van der Waals surface area (Å²) in [4.78, 5) is 28.9. The van der Waals surface area contributed by atoms with Gasteiger partial charge >= 0.3 is 0 Å². The van der Waals surface area contributed by atoms with Crippen molar-refractivity contribution in [3.8, 4) is 0 Å². The number of nitrogens with two attached hydrogens (primary N) is 1. The van der Waals surface area contributed by atoms with E-state index in [4.69, 9.17) is 5.73 Å². The molecule has 0 spiro atoms. The molecule has 26 heavy (non-hydrogen) atoms. The predicted molar refractivity (Wildman–Crippen MR) is 101 cm³/mol. The second-order valence-electron chi connectivity index (χ2n) is 6.34. The summed E-state index contributed by atoms with van der Waals surface area (Å²) < 4.78 is 0. The lowest BCUT2D eigenvalue weighted by molar-refractivity contribution is -0.119. The van der Waals surface area contributed by atoms with Crippen molar-refractivity contribution in [2.45, 2.75) is 33.2 Å². The number of nitrogens with zero attached hydrogens (tertiary/aromatic N) is 3. The van der Waals surface area contributed by atoms with E-state index in [0.29, 0.717) is 11.4 Å². The molecule has 3 rings (SSSR count). The number of aromatic nitrogens is 1. The van der Waals surface area contributed by atoms with Crippen LogP contribution in [-0.4, -0.2) is 28.6 Å². The Morgan fingerprint density at radius 2 is 1.88 bits per heavy atom. The number of hydrogen-bond donors (Lipinski definition) is 2. The van der Waals surface area contributed by atoms with Crippen molar-refractivity contribution < 1.29 is 9.59 Å². The molecule has 1 aliphatic heterocycles. The van der Waals surface area contributed by atoms with Crippen LogP contribution in [-0.2, 0) is 9.59 Å². The number of para-hydroxylation sites is 1. The quantitative estimate of drug-likeness (QED) is 0.880. The molecule has 0 saturated heterocycles. The normalized spacial score (nSPS) is 16.3. The third-order valence-corrected chi connectivity index (χ3v) is 4.29. The van der Waals surface area contributed by atoms with Crippen LogP contribution in [0.25, 0.3) is 0 Å². The van der Waals surface area contributed by atoms with Crippen LogP contribution in [0, 0.1) is 20.8 Å². The number of hydrazone groups is 1. The summed E-state index contributed by atoms with van der Waals surface area (Å²) in [5, 5.41) is 8.72. The molecule has 1 atom stereocenters. The number of amides is 2. The fraction of sp³-hybridized carbons (Fsp3) is 0.263. The number of nitrogens with one attached hydrogen (secondary N) is 1. The average molecular weight is 351 g/mol. The van der Waals surface area contributed by atoms with Crippen molar-refractivity contribution in [2.24, 2.45) is 10.8 Å². The van der Waals surface area contributed by atoms with Gasteiger partial charge in [0.15, 0.2) is 0 Å². The number of rotatable bonds is 4. The Kier molecular flexibility index (Phi) is 4.71. The molecule has 2 amide bonds. The third-order valence-electron chi connectivity index (χ3n) is 4.29. The van der Waals surface area contributed by atoms with Crippen LogP contribution >= 0.6 is 0 Å². The van der Waals surface area contributed by atoms with E-state index in [1.165, 1.54) is 5.01 Å². The van der Waals surface area contributed by atoms with E-state index in [-0.39, 0.29) is 18.0 Å². The van der Waals surface area contributed by atoms with Crippen LogP contribution in [0.15, 0.2) is 41.5 Å². The lowest BCUT2D eigenvalue weighted by Crippen LogP contribution is -2.39. The van der Waals surface area contributed by atoms with Crippen molar-refractivity contribution in [2.75, 3.05) is 10.3 Å². The largest absolute Gasteiger partial charge is 0.368 e. The highest BCUT2D eigenvalue weighted by Crippen LogP contribution is 2.25. The highest BCUT2D eigenvalue weighted by Gasteiger charge is 2.35. The number of aryl methyl sites for hydroxylation is 3. The molecule has 1 aliphatic rings. The highest BCUT2D eigenvalue weighted by molar-refractivity contribution is 6.44. The van der Waals surface area contributed by atoms with Crippen LogP contribution < -0.4 is 16.1 Å². The first-order chi connectivity index (χ1) is 12.4. The summed E-state index contributed by atoms with van der Waals surface area (Å²) >= 11 is 0. The zero-order valence-corrected chi connectivity index (χ0v) is 15.0. The molecule has 0 fully saturated rings. The summed E-state index contributed by atoms with van der Waals surface area (Å²) in [6, 6.07) is 10.4. The summed E-state index contributed by atoms with van der Waals surface area (Å²) in [5.74, 6) is -0.878. The Labute approximate surface area is 151 Å². The number of benzene rings is 1. The Balaban J connectivity index is 1.87. The number of hydrogen-bond acceptors (Lipinski definition) is 5. The second-order valence-corrected chi connectivity index (χ2v) is 6.34. The molecule has 1 aromatic heterocycles. The van der Waals surface area contributed by atoms with E-state index in [1.807, 2.05) is 57.2 Å². The van der Waals surface area contributed by atoms with Gasteiger partial charge in [-0.15, -0.1) is 0 Å². The average Bonchev–Trinajstić information content (AvgIpc) is 3.04. The van der Waals surface area contributed by atoms with Gasteiger partial charge in [-0.2, -0.15) is 5.10 Å². The number of carbonyl (C=O) groups excluding carboxylic acids is 2. The number of primary amides is 1. The Morgan fingerprint density at radius 3 is 2.50 bits per heavy atom. The van der Waals surface area contributed by atoms with Crippen LogP contribution in [0.5, 0.6) is 0 Å². The first-order valence-corrected chi connectivity index (χ1v) is 8.34. The first kappa shape index (κ1) is 17.6. The van der Waals surface area contributed by atoms with Crippen molar-refractivity contribution in [3.63, 3.8) is 0 Å². The van der Waals surface area contributed by atoms with Crippen LogP contribution in [0.1, 0.15) is 23.4 Å². The van der Waals surface area contributed by atoms with Gasteiger partial charge in [0.2, 0.25) is 5.91 Å². The van der Waals surface area contributed by atoms with Gasteiger partial charge in [0, 0.05) is 12.1 Å². The molecule has 0 saturated carbocycles. The summed E-state index contributed by atoms with van der Waals surface area (Å²) in [6.07, 6.45) is 0.160. The Bertz CT molecular complexity index is 869. The van der Waals surface area contributed by atoms with Crippen molar-refractivity contribution in [1.29, 1.82) is 0 Å². The molecular formula is C19H21N5O2. The standard InChI is InChI=1S/C19H21N5O2/c1-11-9-12(2)21-13(3)17(11)22-19(26)15-10-16(18(20)25)24(23-15)14-7-5-4-6-8-14/h4-9,16H,10H2,1-3H3,(H2,20,25)(H,22,26)/t16-/m1/s1. The minimum absolute atomic E-state index is 0.160. The molecule has 0 radical (unpaired) electrons. The lowest BCUT2D eigenvalue weighted by atomic mass is 10.1. The summed E-state index contributed by atoms with van der Waals surface area (Å²) in [6.45, 7) is 5.66. The topological polar surface area (TPSA) is 101 Å². The molecule has 0 unspecified atom stereocenters. The van der Waals surface area contributed by atoms with Crippen molar-refractivity contribution >= 4 is 28.9 Å². The van der Waals surface area contributed by atoms with Crippen LogP contribution in [0.3, 0.4) is 0 Å². The van der Waals surface area contributed by atoms with Gasteiger partial charge in [-0.3, -0.25) is 19.6 Å². The Morgan fingerprint density at radius 1 is 1.19 bits per heavy atom. The minimum Gasteiger partial charge on any atom is -0.368 e. The number of pyridine rings is 1. The first-order valence-electron chi connectivity index (χ1n) is 8.34. The number of anilines is 2. The lowest BCUT2D eigenvalue weighted by Gasteiger charge is -2.20. The van der Waals surface area contributed by atoms with Crippen LogP contribution in [0.4, 0.5) is 11.4 Å². The molecule has 2 heterocycles. The van der Waals surface area contributed by atoms with E-state index in [1.54, 1.807) is 0 Å². The molecule has 7 nitrogen and oxygen atoms in total. The molecule has 7 heteroatoms. The van der Waals surface area contributed by atoms with E-state index in [0.717, 1.165) is 17.0 Å². The van der Waals surface area contributed by atoms with E-state index < -0.39 is 11.9 Å². The van der Waals surface area contributed by atoms with Gasteiger partial charge in [0.25, 0.3) is 5.91 Å². The molecule has 0 bridgehead atoms. The highest BCUT2D eigenvalue weighted by atomic mass is 16.2. The van der Waals surface area contributed by atoms with Gasteiger partial charge < -0.3 is 11.1 Å². The Hall–Kier alpha value is -3.22. The summed E-state index contributed by atoms with van der Waals surface area (Å²) in [7, 11) is 0. The SMILES string of the molecule is Cc1cc(C)c(NC(=O)C2=NN(c3ccccc3)[C@@H](C(N)=O)C2)c(C)n1. The van der Waals surface area contributed by atoms with Gasteiger partial charge in [-0.25, -0.2) is 0 Å². The van der Waals surface area contributed by atoms with Gasteiger partial charge in [0.05, 0.1) is 17.1 Å².